The van der Waals surface area contributed by atoms with Gasteiger partial charge in [0.2, 0.25) is 11.8 Å². The van der Waals surface area contributed by atoms with Crippen LogP contribution >= 0.6 is 0 Å². The molecule has 2 fully saturated rings. The molecule has 0 unspecified atom stereocenters. The van der Waals surface area contributed by atoms with E-state index in [2.05, 4.69) is 27.5 Å². The van der Waals surface area contributed by atoms with Crippen LogP contribution in [0.5, 0.6) is 5.75 Å². The Morgan fingerprint density at radius 2 is 1.51 bits per heavy atom. The summed E-state index contributed by atoms with van der Waals surface area (Å²) in [7, 11) is 1.45. The van der Waals surface area contributed by atoms with Gasteiger partial charge in [0.05, 0.1) is 48.5 Å². The number of carbonyl (C=O) groups excluding carboxylic acids is 4. The van der Waals surface area contributed by atoms with Crippen molar-refractivity contribution in [1.29, 1.82) is 0 Å². The highest BCUT2D eigenvalue weighted by Gasteiger charge is 2.75. The monoisotopic (exact) mass is 966 g/mol. The van der Waals surface area contributed by atoms with Gasteiger partial charge in [-0.2, -0.15) is 0 Å². The quantitative estimate of drug-likeness (QED) is 0.0639. The highest BCUT2D eigenvalue weighted by molar-refractivity contribution is 6.23. The van der Waals surface area contributed by atoms with Gasteiger partial charge >= 0.3 is 12.1 Å². The van der Waals surface area contributed by atoms with Gasteiger partial charge in [-0.05, 0) is 70.3 Å². The van der Waals surface area contributed by atoms with Gasteiger partial charge in [-0.3, -0.25) is 19.3 Å². The van der Waals surface area contributed by atoms with E-state index in [1.807, 2.05) is 89.8 Å². The Morgan fingerprint density at radius 3 is 2.26 bits per heavy atom. The molecule has 0 saturated carbocycles. The van der Waals surface area contributed by atoms with Gasteiger partial charge in [0.15, 0.2) is 0 Å². The van der Waals surface area contributed by atoms with E-state index in [-0.39, 0.29) is 50.8 Å². The van der Waals surface area contributed by atoms with Crippen molar-refractivity contribution in [2.24, 2.45) is 5.92 Å². The second kappa shape index (κ2) is 20.6. The molecule has 3 N–H and O–H groups in total. The summed E-state index contributed by atoms with van der Waals surface area (Å²) in [6.45, 7) is -0.656. The number of methoxy groups -OCH3 is 1. The van der Waals surface area contributed by atoms with E-state index in [0.29, 0.717) is 39.1 Å². The maximum Gasteiger partial charge on any atom is 0.421 e. The molecule has 2 saturated heterocycles. The van der Waals surface area contributed by atoms with Crippen molar-refractivity contribution in [2.75, 3.05) is 45.0 Å². The lowest BCUT2D eigenvalue weighted by atomic mass is 9.65. The molecule has 0 bridgehead atoms. The van der Waals surface area contributed by atoms with Crippen molar-refractivity contribution >= 4 is 40.6 Å². The number of anilines is 1. The molecule has 0 radical (unpaired) electrons. The normalized spacial score (nSPS) is 21.6. The number of aliphatic hydroxyl groups excluding tert-OH is 2. The highest BCUT2D eigenvalue weighted by Crippen LogP contribution is 2.66. The molecule has 10 rings (SSSR count). The van der Waals surface area contributed by atoms with Crippen LogP contribution in [-0.4, -0.2) is 100 Å². The number of hydrogen-bond acceptors (Lipinski definition) is 13. The number of fused-ring (bicyclic) bond motifs is 4. The number of nitrogens with zero attached hydrogens (tertiary/aromatic N) is 5. The average Bonchev–Trinajstić information content (AvgIpc) is 4.06. The van der Waals surface area contributed by atoms with E-state index in [1.54, 1.807) is 77.5 Å². The Morgan fingerprint density at radius 1 is 0.806 bits per heavy atom. The van der Waals surface area contributed by atoms with Crippen molar-refractivity contribution < 1.29 is 48.3 Å². The zero-order valence-corrected chi connectivity index (χ0v) is 39.1. The number of para-hydroxylation sites is 1. The summed E-state index contributed by atoms with van der Waals surface area (Å²) in [4.78, 5) is 65.2. The molecule has 7 atom stereocenters. The predicted molar refractivity (Wildman–Crippen MR) is 263 cm³/mol. The molecule has 72 heavy (non-hydrogen) atoms. The molecule has 1 spiro atoms. The summed E-state index contributed by atoms with van der Waals surface area (Å²) in [6, 6.07) is 43.2. The number of rotatable bonds is 14. The van der Waals surface area contributed by atoms with Crippen LogP contribution in [0.25, 0.3) is 11.0 Å². The molecule has 6 aromatic carbocycles. The maximum atomic E-state index is 16.5. The third kappa shape index (κ3) is 8.62. The van der Waals surface area contributed by atoms with Crippen LogP contribution < -0.4 is 15.0 Å². The Kier molecular flexibility index (Phi) is 13.6. The summed E-state index contributed by atoms with van der Waals surface area (Å²) in [5.74, 6) is 2.70. The zero-order chi connectivity index (χ0) is 49.8. The number of morpholine rings is 1. The lowest BCUT2D eigenvalue weighted by Crippen LogP contribution is -2.56. The van der Waals surface area contributed by atoms with Crippen molar-refractivity contribution in [3.05, 3.63) is 191 Å². The smallest absolute Gasteiger partial charge is 0.421 e. The minimum Gasteiger partial charge on any atom is -0.491 e. The van der Waals surface area contributed by atoms with E-state index in [9.17, 15) is 15.0 Å². The Hall–Kier alpha value is -8.20. The van der Waals surface area contributed by atoms with Crippen molar-refractivity contribution in [1.82, 2.24) is 25.2 Å². The molecule has 364 valence electrons. The van der Waals surface area contributed by atoms with E-state index in [0.717, 1.165) is 10.4 Å². The van der Waals surface area contributed by atoms with Gasteiger partial charge in [-0.15, -0.1) is 5.10 Å². The van der Waals surface area contributed by atoms with E-state index < -0.39 is 65.5 Å². The number of esters is 1. The molecule has 4 heterocycles. The first kappa shape index (κ1) is 47.5. The highest BCUT2D eigenvalue weighted by atomic mass is 16.6. The van der Waals surface area contributed by atoms with Gasteiger partial charge in [-0.1, -0.05) is 132 Å². The van der Waals surface area contributed by atoms with Gasteiger partial charge in [-0.25, -0.2) is 14.4 Å². The second-order valence-corrected chi connectivity index (χ2v) is 17.6. The average molecular weight is 967 g/mol. The predicted octanol–water partition coefficient (Wildman–Crippen LogP) is 6.15. The first-order valence-electron chi connectivity index (χ1n) is 23.6. The SMILES string of the molecule is COCCOC(=O)N1C(=O)[C@@]2(c3cc(C#CCn4nnc5ccccc54)ccc31)[C@H](C(=O)NC[C@H](O)c1ccccc1)[C@H]1C(=O)O[C@H](c3ccccc3)[C@H](c3ccccc3)N1[C@@H]2c1cccc(OCCO)c1. The molecule has 3 amide bonds. The van der Waals surface area contributed by atoms with Crippen molar-refractivity contribution in [3.8, 4) is 17.6 Å². The summed E-state index contributed by atoms with van der Waals surface area (Å²) in [5, 5.41) is 32.8. The number of benzene rings is 6. The van der Waals surface area contributed by atoms with Gasteiger partial charge in [0.1, 0.15) is 48.6 Å². The summed E-state index contributed by atoms with van der Waals surface area (Å²) in [6.07, 6.45) is -3.18. The first-order chi connectivity index (χ1) is 35.2. The number of aliphatic hydroxyl groups is 2. The van der Waals surface area contributed by atoms with Crippen LogP contribution in [-0.2, 0) is 40.6 Å². The largest absolute Gasteiger partial charge is 0.491 e. The molecule has 0 aliphatic carbocycles. The molecule has 16 heteroatoms. The number of imide groups is 1. The number of hydrogen-bond donors (Lipinski definition) is 3. The third-order valence-electron chi connectivity index (χ3n) is 13.5. The van der Waals surface area contributed by atoms with E-state index >= 15 is 14.4 Å². The minimum absolute atomic E-state index is 0.0285. The maximum absolute atomic E-state index is 16.5. The molecule has 7 aromatic rings. The Labute approximate surface area is 414 Å². The van der Waals surface area contributed by atoms with Gasteiger partial charge < -0.3 is 34.5 Å². The van der Waals surface area contributed by atoms with Crippen molar-refractivity contribution in [2.45, 2.75) is 42.3 Å². The molecule has 3 aliphatic heterocycles. The van der Waals surface area contributed by atoms with Gasteiger partial charge in [0, 0.05) is 19.2 Å². The van der Waals surface area contributed by atoms with Gasteiger partial charge in [0.25, 0.3) is 0 Å². The summed E-state index contributed by atoms with van der Waals surface area (Å²) >= 11 is 0. The number of ether oxygens (including phenoxy) is 4. The standard InChI is InChI=1S/C56H50N6O10/c1-69-31-32-71-55(68)61-44-27-26-36(15-14-28-60-45-25-12-11-24-43(45)58-59-60)33-42(44)56(54(61)67)47(52(65)57-35-46(64)37-16-5-2-6-17-37)49-53(66)72-50(39-20-9-4-10-21-39)48(38-18-7-3-8-19-38)62(49)51(56)40-22-13-23-41(34-40)70-30-29-63/h2-13,16-27,33-34,46-51,63-64H,28-32,35H2,1H3,(H,57,65)/t46-,47-,48-,49-,50+,51+,56-/m0/s1. The molecular weight excluding hydrogens is 917 g/mol. The molecule has 16 nitrogen and oxygen atoms in total. The second-order valence-electron chi connectivity index (χ2n) is 17.6. The van der Waals surface area contributed by atoms with Crippen molar-refractivity contribution in [3.63, 3.8) is 0 Å². The fraction of sp³-hybridized carbons (Fsp3) is 0.250. The van der Waals surface area contributed by atoms with Crippen LogP contribution in [0.15, 0.2) is 158 Å². The molecule has 3 aliphatic rings. The number of carbonyl (C=O) groups is 4. The summed E-state index contributed by atoms with van der Waals surface area (Å²) in [5.41, 5.74) is 2.43. The zero-order valence-electron chi connectivity index (χ0n) is 39.1. The fourth-order valence-corrected chi connectivity index (χ4v) is 10.5. The third-order valence-corrected chi connectivity index (χ3v) is 13.5. The topological polar surface area (TPSA) is 195 Å². The Balaban J connectivity index is 1.23. The number of amides is 3. The minimum atomic E-state index is -2.14. The van der Waals surface area contributed by atoms with Crippen LogP contribution in [0.3, 0.4) is 0 Å². The first-order valence-corrected chi connectivity index (χ1v) is 23.6. The summed E-state index contributed by atoms with van der Waals surface area (Å²) < 4.78 is 25.2. The number of nitrogens with one attached hydrogen (secondary N) is 1. The number of cyclic esters (lactones) is 1. The van der Waals surface area contributed by atoms with Crippen LogP contribution in [0.1, 0.15) is 57.7 Å². The Bertz CT molecular complexity index is 3180. The number of aromatic nitrogens is 3. The molecular formula is C56H50N6O10. The lowest BCUT2D eigenvalue weighted by molar-refractivity contribution is -0.178. The lowest BCUT2D eigenvalue weighted by Gasteiger charge is -2.46. The van der Waals surface area contributed by atoms with Crippen LogP contribution in [0, 0.1) is 17.8 Å². The van der Waals surface area contributed by atoms with E-state index in [1.165, 1.54) is 7.11 Å². The fourth-order valence-electron chi connectivity index (χ4n) is 10.5. The molecule has 1 aromatic heterocycles. The van der Waals surface area contributed by atoms with E-state index in [4.69, 9.17) is 18.9 Å². The van der Waals surface area contributed by atoms with Crippen LogP contribution in [0.4, 0.5) is 10.5 Å². The van der Waals surface area contributed by atoms with Crippen LogP contribution in [0.2, 0.25) is 0 Å².